The van der Waals surface area contributed by atoms with Crippen molar-refractivity contribution in [2.75, 3.05) is 13.2 Å². The zero-order chi connectivity index (χ0) is 55.7. The van der Waals surface area contributed by atoms with E-state index < -0.39 is 6.10 Å². The number of carbonyl (C=O) groups excluding carboxylic acids is 3. The van der Waals surface area contributed by atoms with Gasteiger partial charge in [0.05, 0.1) is 0 Å². The summed E-state index contributed by atoms with van der Waals surface area (Å²) in [6, 6.07) is 0. The molecule has 0 fully saturated rings. The maximum Gasteiger partial charge on any atom is 0.306 e. The number of carbonyl (C=O) groups is 3. The predicted molar refractivity (Wildman–Crippen MR) is 335 cm³/mol. The summed E-state index contributed by atoms with van der Waals surface area (Å²) in [6.45, 7) is 6.50. The molecule has 1 atom stereocenters. The van der Waals surface area contributed by atoms with Crippen molar-refractivity contribution >= 4 is 17.9 Å². The van der Waals surface area contributed by atoms with E-state index in [1.165, 1.54) is 193 Å². The molecule has 0 aromatic heterocycles. The topological polar surface area (TPSA) is 78.9 Å². The molecule has 0 saturated carbocycles. The van der Waals surface area contributed by atoms with Gasteiger partial charge in [-0.15, -0.1) is 0 Å². The fourth-order valence-corrected chi connectivity index (χ4v) is 9.70. The summed E-state index contributed by atoms with van der Waals surface area (Å²) < 4.78 is 16.9. The largest absolute Gasteiger partial charge is 0.462 e. The van der Waals surface area contributed by atoms with Crippen molar-refractivity contribution in [3.63, 3.8) is 0 Å². The van der Waals surface area contributed by atoms with E-state index in [1.807, 2.05) is 0 Å². The van der Waals surface area contributed by atoms with Crippen LogP contribution in [0.2, 0.25) is 0 Å². The molecule has 6 heteroatoms. The quantitative estimate of drug-likeness (QED) is 0.0261. The molecule has 1 unspecified atom stereocenters. The van der Waals surface area contributed by atoms with Crippen LogP contribution in [0.4, 0.5) is 0 Å². The molecule has 6 nitrogen and oxygen atoms in total. The van der Waals surface area contributed by atoms with E-state index in [2.05, 4.69) is 93.7 Å². The second-order valence-electron chi connectivity index (χ2n) is 22.4. The molecule has 0 radical (unpaired) electrons. The summed E-state index contributed by atoms with van der Waals surface area (Å²) in [6.07, 6.45) is 85.2. The zero-order valence-corrected chi connectivity index (χ0v) is 51.2. The molecule has 0 aliphatic rings. The van der Waals surface area contributed by atoms with Crippen molar-refractivity contribution in [1.82, 2.24) is 0 Å². The number of hydrogen-bond donors (Lipinski definition) is 0. The summed E-state index contributed by atoms with van der Waals surface area (Å²) in [5.74, 6) is -0.875. The SMILES string of the molecule is CC/C=C\C/C=C\C/C=C\C/C=C\CCCCCCCCCCCCCCCCCCCCCCCCC(=O)OCC(COC(=O)CCCCCCCCCCC)OC(=O)CCCCCCC/C=C\C/C=C\CCCCC. The van der Waals surface area contributed by atoms with Gasteiger partial charge in [-0.05, 0) is 89.9 Å². The lowest BCUT2D eigenvalue weighted by molar-refractivity contribution is -0.167. The molecule has 0 aliphatic carbocycles. The molecule has 0 heterocycles. The predicted octanol–water partition coefficient (Wildman–Crippen LogP) is 22.9. The highest BCUT2D eigenvalue weighted by Crippen LogP contribution is 2.18. The first kappa shape index (κ1) is 73.8. The number of allylic oxidation sites excluding steroid dienone is 12. The van der Waals surface area contributed by atoms with Crippen LogP contribution in [0, 0.1) is 0 Å². The van der Waals surface area contributed by atoms with Crippen LogP contribution < -0.4 is 0 Å². The summed E-state index contributed by atoms with van der Waals surface area (Å²) in [4.78, 5) is 38.1. The third-order valence-corrected chi connectivity index (χ3v) is 14.7. The molecule has 0 bridgehead atoms. The van der Waals surface area contributed by atoms with E-state index in [4.69, 9.17) is 14.2 Å². The van der Waals surface area contributed by atoms with Gasteiger partial charge in [0, 0.05) is 19.3 Å². The van der Waals surface area contributed by atoms with Gasteiger partial charge in [-0.25, -0.2) is 0 Å². The first-order valence-corrected chi connectivity index (χ1v) is 33.4. The molecule has 0 rings (SSSR count). The van der Waals surface area contributed by atoms with Crippen LogP contribution in [-0.4, -0.2) is 37.2 Å². The molecule has 0 aromatic rings. The summed E-state index contributed by atoms with van der Waals surface area (Å²) in [5, 5.41) is 0. The number of ether oxygens (including phenoxy) is 3. The molecule has 0 saturated heterocycles. The van der Waals surface area contributed by atoms with Crippen LogP contribution >= 0.6 is 0 Å². The van der Waals surface area contributed by atoms with Gasteiger partial charge in [-0.2, -0.15) is 0 Å². The van der Waals surface area contributed by atoms with Crippen LogP contribution in [0.15, 0.2) is 72.9 Å². The number of rotatable bonds is 61. The van der Waals surface area contributed by atoms with Crippen LogP contribution in [0.5, 0.6) is 0 Å². The normalized spacial score (nSPS) is 12.5. The maximum atomic E-state index is 12.8. The highest BCUT2D eigenvalue weighted by Gasteiger charge is 2.19. The van der Waals surface area contributed by atoms with Crippen molar-refractivity contribution in [3.8, 4) is 0 Å². The zero-order valence-electron chi connectivity index (χ0n) is 51.2. The highest BCUT2D eigenvalue weighted by atomic mass is 16.6. The van der Waals surface area contributed by atoms with Gasteiger partial charge in [0.25, 0.3) is 0 Å². The first-order chi connectivity index (χ1) is 38.0. The number of unbranched alkanes of at least 4 members (excludes halogenated alkanes) is 38. The average molecular weight is 1080 g/mol. The Labute approximate surface area is 478 Å². The minimum absolute atomic E-state index is 0.0755. The lowest BCUT2D eigenvalue weighted by Crippen LogP contribution is -2.30. The Morgan fingerprint density at radius 3 is 0.818 bits per heavy atom. The Balaban J connectivity index is 4.00. The lowest BCUT2D eigenvalue weighted by Gasteiger charge is -2.18. The van der Waals surface area contributed by atoms with E-state index >= 15 is 0 Å². The minimum atomic E-state index is -0.777. The van der Waals surface area contributed by atoms with Crippen LogP contribution in [0.3, 0.4) is 0 Å². The number of esters is 3. The van der Waals surface area contributed by atoms with Gasteiger partial charge < -0.3 is 14.2 Å². The van der Waals surface area contributed by atoms with Gasteiger partial charge in [0.2, 0.25) is 0 Å². The molecular formula is C71H126O6. The van der Waals surface area contributed by atoms with Crippen molar-refractivity contribution < 1.29 is 28.6 Å². The van der Waals surface area contributed by atoms with Crippen LogP contribution in [0.25, 0.3) is 0 Å². The fraction of sp³-hybridized carbons (Fsp3) is 0.789. The van der Waals surface area contributed by atoms with Crippen LogP contribution in [-0.2, 0) is 28.6 Å². The van der Waals surface area contributed by atoms with Gasteiger partial charge in [-0.1, -0.05) is 306 Å². The summed E-state index contributed by atoms with van der Waals surface area (Å²) >= 11 is 0. The summed E-state index contributed by atoms with van der Waals surface area (Å²) in [5.41, 5.74) is 0. The smallest absolute Gasteiger partial charge is 0.306 e. The highest BCUT2D eigenvalue weighted by molar-refractivity contribution is 5.71. The second kappa shape index (κ2) is 65.4. The van der Waals surface area contributed by atoms with Gasteiger partial charge in [-0.3, -0.25) is 14.4 Å². The number of hydrogen-bond acceptors (Lipinski definition) is 6. The Kier molecular flexibility index (Phi) is 62.7. The second-order valence-corrected chi connectivity index (χ2v) is 22.4. The molecule has 0 aliphatic heterocycles. The Morgan fingerprint density at radius 1 is 0.273 bits per heavy atom. The average Bonchev–Trinajstić information content (AvgIpc) is 3.43. The molecule has 0 N–H and O–H groups in total. The van der Waals surface area contributed by atoms with Gasteiger partial charge >= 0.3 is 17.9 Å². The molecule has 0 spiro atoms. The molecule has 0 aromatic carbocycles. The van der Waals surface area contributed by atoms with E-state index in [0.717, 1.165) is 109 Å². The van der Waals surface area contributed by atoms with Crippen molar-refractivity contribution in [2.24, 2.45) is 0 Å². The van der Waals surface area contributed by atoms with Gasteiger partial charge in [0.1, 0.15) is 13.2 Å². The lowest BCUT2D eigenvalue weighted by atomic mass is 10.0. The van der Waals surface area contributed by atoms with Crippen LogP contribution in [0.1, 0.15) is 342 Å². The van der Waals surface area contributed by atoms with Crippen molar-refractivity contribution in [2.45, 2.75) is 348 Å². The van der Waals surface area contributed by atoms with E-state index in [0.29, 0.717) is 19.3 Å². The van der Waals surface area contributed by atoms with Crippen molar-refractivity contribution in [1.29, 1.82) is 0 Å². The fourth-order valence-electron chi connectivity index (χ4n) is 9.70. The van der Waals surface area contributed by atoms with Gasteiger partial charge in [0.15, 0.2) is 6.10 Å². The molecule has 446 valence electrons. The Bertz CT molecular complexity index is 1420. The van der Waals surface area contributed by atoms with E-state index in [-0.39, 0.29) is 31.1 Å². The monoisotopic (exact) mass is 1070 g/mol. The van der Waals surface area contributed by atoms with E-state index in [9.17, 15) is 14.4 Å². The molecular weight excluding hydrogens is 949 g/mol. The Hall–Kier alpha value is -3.15. The van der Waals surface area contributed by atoms with E-state index in [1.54, 1.807) is 0 Å². The molecule has 0 amide bonds. The molecule has 77 heavy (non-hydrogen) atoms. The first-order valence-electron chi connectivity index (χ1n) is 33.4. The standard InChI is InChI=1S/C71H126O6/c1-4-7-10-13-16-19-21-23-25-26-27-28-29-30-31-32-33-34-35-36-37-38-39-40-41-42-43-44-46-47-49-52-55-58-61-64-70(73)76-67-68(66-75-69(72)63-60-57-54-51-18-15-12-9-6-3)77-71(74)65-62-59-56-53-50-48-45-24-22-20-17-14-11-8-5-2/h7,10,16-17,19-20,23-25,27-28,45,68H,4-6,8-9,11-15,18,21-22,26,29-44,46-67H2,1-3H3/b10-7-,19-16-,20-17-,25-23-,28-27-,45-24-. The third-order valence-electron chi connectivity index (χ3n) is 14.7. The minimum Gasteiger partial charge on any atom is -0.462 e. The Morgan fingerprint density at radius 2 is 0.506 bits per heavy atom. The maximum absolute atomic E-state index is 12.8. The summed E-state index contributed by atoms with van der Waals surface area (Å²) in [7, 11) is 0. The third kappa shape index (κ3) is 63.6. The van der Waals surface area contributed by atoms with Crippen molar-refractivity contribution in [3.05, 3.63) is 72.9 Å².